The fraction of sp³-hybridized carbons (Fsp3) is 0.478. The summed E-state index contributed by atoms with van der Waals surface area (Å²) in [5, 5.41) is 2.76. The summed E-state index contributed by atoms with van der Waals surface area (Å²) in [4.78, 5) is 31.0. The van der Waals surface area contributed by atoms with Crippen molar-refractivity contribution in [2.24, 2.45) is 5.92 Å². The van der Waals surface area contributed by atoms with Gasteiger partial charge < -0.3 is 14.5 Å². The molecule has 0 spiro atoms. The molecule has 2 aromatic rings. The average molecular weight is 449 g/mol. The molecular weight excluding hydrogens is 420 g/mol. The second-order valence-corrected chi connectivity index (χ2v) is 9.29. The molecule has 0 bridgehead atoms. The van der Waals surface area contributed by atoms with Gasteiger partial charge in [0.05, 0.1) is 12.6 Å². The van der Waals surface area contributed by atoms with Crippen molar-refractivity contribution in [2.75, 3.05) is 33.4 Å². The van der Waals surface area contributed by atoms with E-state index < -0.39 is 0 Å². The molecule has 5 nitrogen and oxygen atoms in total. The number of carbonyl (C=O) groups excluding carboxylic acids is 2. The number of amides is 2. The lowest BCUT2D eigenvalue weighted by Crippen LogP contribution is -2.47. The van der Waals surface area contributed by atoms with Crippen LogP contribution < -0.4 is 0 Å². The summed E-state index contributed by atoms with van der Waals surface area (Å²) < 4.78 is 5.13. The highest BCUT2D eigenvalue weighted by atomic mass is 35.5. The molecule has 162 valence electrons. The van der Waals surface area contributed by atoms with Gasteiger partial charge in [0.25, 0.3) is 0 Å². The summed E-state index contributed by atoms with van der Waals surface area (Å²) >= 11 is 7.82. The predicted molar refractivity (Wildman–Crippen MR) is 121 cm³/mol. The van der Waals surface area contributed by atoms with Gasteiger partial charge in [-0.25, -0.2) is 0 Å². The van der Waals surface area contributed by atoms with Crippen molar-refractivity contribution in [1.82, 2.24) is 9.80 Å². The summed E-state index contributed by atoms with van der Waals surface area (Å²) in [6.45, 7) is 5.53. The number of halogens is 1. The smallest absolute Gasteiger partial charge is 0.242 e. The van der Waals surface area contributed by atoms with E-state index in [1.807, 2.05) is 43.0 Å². The van der Waals surface area contributed by atoms with Crippen LogP contribution in [0.4, 0.5) is 0 Å². The molecule has 1 aliphatic heterocycles. The Morgan fingerprint density at radius 3 is 2.67 bits per heavy atom. The largest absolute Gasteiger partial charge is 0.385 e. The van der Waals surface area contributed by atoms with Crippen molar-refractivity contribution in [1.29, 1.82) is 0 Å². The van der Waals surface area contributed by atoms with E-state index in [4.69, 9.17) is 16.3 Å². The van der Waals surface area contributed by atoms with Crippen LogP contribution in [0.5, 0.6) is 0 Å². The Bertz CT molecular complexity index is 866. The van der Waals surface area contributed by atoms with Crippen LogP contribution in [0.1, 0.15) is 42.3 Å². The maximum Gasteiger partial charge on any atom is 0.242 e. The van der Waals surface area contributed by atoms with Gasteiger partial charge in [-0.1, -0.05) is 37.6 Å². The molecule has 0 aliphatic carbocycles. The normalized spacial score (nSPS) is 15.9. The fourth-order valence-corrected chi connectivity index (χ4v) is 4.91. The third-order valence-electron chi connectivity index (χ3n) is 5.38. The topological polar surface area (TPSA) is 49.9 Å². The molecule has 0 saturated carbocycles. The Morgan fingerprint density at radius 2 is 2.00 bits per heavy atom. The second kappa shape index (κ2) is 10.4. The van der Waals surface area contributed by atoms with Crippen LogP contribution in [0.3, 0.4) is 0 Å². The summed E-state index contributed by atoms with van der Waals surface area (Å²) in [6.07, 6.45) is 1.54. The SMILES string of the molecule is COCCCN(CC(=O)N1CCc2sccc2C1c1ccc(Cl)cc1)C(=O)C(C)C. The van der Waals surface area contributed by atoms with Crippen molar-refractivity contribution in [3.63, 3.8) is 0 Å². The van der Waals surface area contributed by atoms with Crippen molar-refractivity contribution in [3.05, 3.63) is 56.7 Å². The first-order valence-corrected chi connectivity index (χ1v) is 11.6. The molecule has 30 heavy (non-hydrogen) atoms. The zero-order valence-corrected chi connectivity index (χ0v) is 19.3. The van der Waals surface area contributed by atoms with Crippen molar-refractivity contribution >= 4 is 34.8 Å². The molecular formula is C23H29ClN2O3S. The number of benzene rings is 1. The van der Waals surface area contributed by atoms with Gasteiger partial charge in [0.15, 0.2) is 0 Å². The van der Waals surface area contributed by atoms with Crippen LogP contribution in [-0.2, 0) is 20.7 Å². The summed E-state index contributed by atoms with van der Waals surface area (Å²) in [5.74, 6) is -0.189. The summed E-state index contributed by atoms with van der Waals surface area (Å²) in [6, 6.07) is 9.64. The highest BCUT2D eigenvalue weighted by Crippen LogP contribution is 2.38. The monoisotopic (exact) mass is 448 g/mol. The minimum Gasteiger partial charge on any atom is -0.385 e. The molecule has 2 heterocycles. The average Bonchev–Trinajstić information content (AvgIpc) is 3.21. The minimum atomic E-state index is -0.155. The number of methoxy groups -OCH3 is 1. The van der Waals surface area contributed by atoms with E-state index >= 15 is 0 Å². The van der Waals surface area contributed by atoms with Crippen LogP contribution in [0.2, 0.25) is 5.02 Å². The minimum absolute atomic E-state index is 0.00396. The van der Waals surface area contributed by atoms with E-state index in [0.29, 0.717) is 31.1 Å². The number of nitrogens with zero attached hydrogens (tertiary/aromatic N) is 2. The number of thiophene rings is 1. The first kappa shape index (κ1) is 22.8. The first-order chi connectivity index (χ1) is 14.4. The standard InChI is InChI=1S/C23H29ClN2O3S/c1-16(2)23(28)25(11-4-13-29-3)15-21(27)26-12-9-20-19(10-14-30-20)22(26)17-5-7-18(24)8-6-17/h5-8,10,14,16,22H,4,9,11-13,15H2,1-3H3. The quantitative estimate of drug-likeness (QED) is 0.562. The third-order valence-corrected chi connectivity index (χ3v) is 6.63. The van der Waals surface area contributed by atoms with Crippen molar-refractivity contribution in [2.45, 2.75) is 32.7 Å². The fourth-order valence-electron chi connectivity index (χ4n) is 3.88. The zero-order valence-electron chi connectivity index (χ0n) is 17.8. The number of rotatable bonds is 8. The number of ether oxygens (including phenoxy) is 1. The Kier molecular flexibility index (Phi) is 7.92. The highest BCUT2D eigenvalue weighted by molar-refractivity contribution is 7.10. The summed E-state index contributed by atoms with van der Waals surface area (Å²) in [5.41, 5.74) is 2.20. The molecule has 3 rings (SSSR count). The van der Waals surface area contributed by atoms with E-state index in [0.717, 1.165) is 12.0 Å². The molecule has 0 fully saturated rings. The Labute approximate surface area is 187 Å². The lowest BCUT2D eigenvalue weighted by molar-refractivity contribution is -0.143. The van der Waals surface area contributed by atoms with Gasteiger partial charge in [-0.2, -0.15) is 0 Å². The highest BCUT2D eigenvalue weighted by Gasteiger charge is 2.34. The van der Waals surface area contributed by atoms with Crippen LogP contribution in [0.15, 0.2) is 35.7 Å². The Morgan fingerprint density at radius 1 is 1.27 bits per heavy atom. The van der Waals surface area contributed by atoms with Gasteiger partial charge in [-0.3, -0.25) is 9.59 Å². The Hall–Kier alpha value is -1.89. The van der Waals surface area contributed by atoms with Crippen LogP contribution in [0.25, 0.3) is 0 Å². The van der Waals surface area contributed by atoms with E-state index in [9.17, 15) is 9.59 Å². The van der Waals surface area contributed by atoms with Gasteiger partial charge in [0, 0.05) is 42.6 Å². The van der Waals surface area contributed by atoms with Gasteiger partial charge in [-0.15, -0.1) is 11.3 Å². The second-order valence-electron chi connectivity index (χ2n) is 7.85. The van der Waals surface area contributed by atoms with E-state index in [2.05, 4.69) is 11.4 Å². The van der Waals surface area contributed by atoms with Crippen LogP contribution in [0, 0.1) is 5.92 Å². The molecule has 2 amide bonds. The molecule has 1 aliphatic rings. The maximum atomic E-state index is 13.4. The van der Waals surface area contributed by atoms with Gasteiger partial charge >= 0.3 is 0 Å². The molecule has 7 heteroatoms. The molecule has 0 N–H and O–H groups in total. The van der Waals surface area contributed by atoms with Crippen LogP contribution in [-0.4, -0.2) is 55.0 Å². The number of hydrogen-bond acceptors (Lipinski definition) is 4. The third kappa shape index (κ3) is 5.23. The van der Waals surface area contributed by atoms with Crippen LogP contribution >= 0.6 is 22.9 Å². The molecule has 1 aromatic carbocycles. The maximum absolute atomic E-state index is 13.4. The van der Waals surface area contributed by atoms with Gasteiger partial charge in [-0.05, 0) is 47.5 Å². The van der Waals surface area contributed by atoms with Crippen molar-refractivity contribution in [3.8, 4) is 0 Å². The lowest BCUT2D eigenvalue weighted by atomic mass is 9.93. The molecule has 1 unspecified atom stereocenters. The zero-order chi connectivity index (χ0) is 21.7. The summed E-state index contributed by atoms with van der Waals surface area (Å²) in [7, 11) is 1.64. The van der Waals surface area contributed by atoms with Crippen molar-refractivity contribution < 1.29 is 14.3 Å². The number of hydrogen-bond donors (Lipinski definition) is 0. The Balaban J connectivity index is 1.84. The number of fused-ring (bicyclic) bond motifs is 1. The molecule has 1 aromatic heterocycles. The van der Waals surface area contributed by atoms with Gasteiger partial charge in [0.1, 0.15) is 0 Å². The molecule has 0 radical (unpaired) electrons. The number of carbonyl (C=O) groups is 2. The predicted octanol–water partition coefficient (Wildman–Crippen LogP) is 4.40. The molecule has 1 atom stereocenters. The van der Waals surface area contributed by atoms with Gasteiger partial charge in [0.2, 0.25) is 11.8 Å². The van der Waals surface area contributed by atoms with E-state index in [-0.39, 0.29) is 30.3 Å². The lowest BCUT2D eigenvalue weighted by Gasteiger charge is -2.38. The molecule has 0 saturated heterocycles. The van der Waals surface area contributed by atoms with E-state index in [1.54, 1.807) is 23.3 Å². The first-order valence-electron chi connectivity index (χ1n) is 10.3. The van der Waals surface area contributed by atoms with E-state index in [1.165, 1.54) is 10.4 Å².